The van der Waals surface area contributed by atoms with Gasteiger partial charge < -0.3 is 24.3 Å². The maximum atomic E-state index is 12.6. The number of halogens is 1. The molecule has 0 radical (unpaired) electrons. The molecule has 1 atom stereocenters. The number of hydrogen-bond acceptors (Lipinski definition) is 6. The molecule has 0 spiro atoms. The summed E-state index contributed by atoms with van der Waals surface area (Å²) < 4.78 is 22.3. The fourth-order valence-electron chi connectivity index (χ4n) is 3.89. The highest BCUT2D eigenvalue weighted by Crippen LogP contribution is 2.50. The highest BCUT2D eigenvalue weighted by molar-refractivity contribution is 6.30. The van der Waals surface area contributed by atoms with Gasteiger partial charge >= 0.3 is 6.09 Å². The normalized spacial score (nSPS) is 15.0. The van der Waals surface area contributed by atoms with Crippen molar-refractivity contribution in [1.29, 1.82) is 0 Å². The van der Waals surface area contributed by atoms with Gasteiger partial charge in [0.1, 0.15) is 5.60 Å². The van der Waals surface area contributed by atoms with Crippen molar-refractivity contribution in [2.75, 3.05) is 21.3 Å². The van der Waals surface area contributed by atoms with Gasteiger partial charge in [-0.3, -0.25) is 4.79 Å². The molecule has 1 aliphatic rings. The average molecular weight is 462 g/mol. The molecule has 1 N–H and O–H groups in total. The quantitative estimate of drug-likeness (QED) is 0.696. The van der Waals surface area contributed by atoms with E-state index < -0.39 is 17.7 Å². The number of ether oxygens (including phenoxy) is 4. The molecule has 3 rings (SSSR count). The van der Waals surface area contributed by atoms with Gasteiger partial charge in [-0.1, -0.05) is 11.6 Å². The van der Waals surface area contributed by atoms with Crippen molar-refractivity contribution < 1.29 is 23.7 Å². The minimum absolute atomic E-state index is 0.0603. The van der Waals surface area contributed by atoms with Crippen molar-refractivity contribution >= 4 is 17.7 Å². The lowest BCUT2D eigenvalue weighted by atomic mass is 9.95. The Morgan fingerprint density at radius 3 is 2.34 bits per heavy atom. The molecule has 0 fully saturated rings. The second kappa shape index (κ2) is 9.28. The molecule has 172 valence electrons. The van der Waals surface area contributed by atoms with Crippen LogP contribution in [0.3, 0.4) is 0 Å². The number of carbonyl (C=O) groups excluding carboxylic acids is 1. The number of fused-ring (bicyclic) bond motifs is 3. The summed E-state index contributed by atoms with van der Waals surface area (Å²) >= 11 is 6.27. The Bertz CT molecular complexity index is 1090. The Labute approximate surface area is 192 Å². The van der Waals surface area contributed by atoms with Crippen molar-refractivity contribution in [3.8, 4) is 28.4 Å². The minimum atomic E-state index is -0.647. The van der Waals surface area contributed by atoms with Gasteiger partial charge in [0.15, 0.2) is 16.9 Å². The molecular weight excluding hydrogens is 434 g/mol. The lowest BCUT2D eigenvalue weighted by Crippen LogP contribution is -2.35. The number of benzene rings is 1. The zero-order valence-electron chi connectivity index (χ0n) is 19.1. The van der Waals surface area contributed by atoms with E-state index in [1.54, 1.807) is 47.1 Å². The summed E-state index contributed by atoms with van der Waals surface area (Å²) in [5.74, 6) is 1.46. The molecule has 0 unspecified atom stereocenters. The van der Waals surface area contributed by atoms with Crippen LogP contribution < -0.4 is 25.0 Å². The molecule has 0 heterocycles. The van der Waals surface area contributed by atoms with Gasteiger partial charge in [-0.15, -0.1) is 0 Å². The van der Waals surface area contributed by atoms with Gasteiger partial charge in [-0.05, 0) is 74.6 Å². The monoisotopic (exact) mass is 461 g/mol. The fourth-order valence-corrected chi connectivity index (χ4v) is 4.07. The van der Waals surface area contributed by atoms with Crippen LogP contribution in [0.25, 0.3) is 11.1 Å². The van der Waals surface area contributed by atoms with Crippen LogP contribution in [-0.2, 0) is 11.2 Å². The Balaban J connectivity index is 2.26. The maximum Gasteiger partial charge on any atom is 0.408 e. The first-order valence-corrected chi connectivity index (χ1v) is 10.6. The second-order valence-corrected chi connectivity index (χ2v) is 8.88. The Morgan fingerprint density at radius 2 is 1.75 bits per heavy atom. The summed E-state index contributed by atoms with van der Waals surface area (Å²) in [5, 5.41) is 3.00. The lowest BCUT2D eigenvalue weighted by Gasteiger charge is -2.24. The van der Waals surface area contributed by atoms with Crippen LogP contribution in [0, 0.1) is 0 Å². The third-order valence-corrected chi connectivity index (χ3v) is 5.48. The van der Waals surface area contributed by atoms with Crippen molar-refractivity contribution in [3.63, 3.8) is 0 Å². The molecule has 2 aromatic carbocycles. The molecular formula is C24H28ClNO6. The molecule has 0 bridgehead atoms. The number of amides is 1. The molecule has 0 aliphatic heterocycles. The van der Waals surface area contributed by atoms with Crippen LogP contribution in [0.1, 0.15) is 44.4 Å². The molecule has 2 aromatic rings. The summed E-state index contributed by atoms with van der Waals surface area (Å²) in [5.41, 5.74) is 2.12. The Morgan fingerprint density at radius 1 is 1.06 bits per heavy atom. The van der Waals surface area contributed by atoms with Gasteiger partial charge in [0, 0.05) is 5.56 Å². The van der Waals surface area contributed by atoms with E-state index >= 15 is 0 Å². The van der Waals surface area contributed by atoms with Crippen LogP contribution in [-0.4, -0.2) is 33.0 Å². The van der Waals surface area contributed by atoms with E-state index in [0.717, 1.165) is 11.1 Å². The fraction of sp³-hybridized carbons (Fsp3) is 0.417. The highest BCUT2D eigenvalue weighted by Gasteiger charge is 2.30. The van der Waals surface area contributed by atoms with E-state index in [1.165, 1.54) is 13.2 Å². The average Bonchev–Trinajstić information content (AvgIpc) is 2.95. The first-order chi connectivity index (χ1) is 15.1. The maximum absolute atomic E-state index is 12.6. The molecule has 1 aliphatic carbocycles. The van der Waals surface area contributed by atoms with Gasteiger partial charge in [0.25, 0.3) is 0 Å². The summed E-state index contributed by atoms with van der Waals surface area (Å²) in [6.45, 7) is 5.40. The SMILES string of the molecule is COc1cc2c(c(OC)c1OC)-c1ccc(=O)c(Cl)cc1[C@@H](NC(=O)OC(C)(C)C)CC2. The predicted molar refractivity (Wildman–Crippen MR) is 123 cm³/mol. The third-order valence-electron chi connectivity index (χ3n) is 5.18. The molecule has 0 saturated heterocycles. The molecule has 0 aromatic heterocycles. The lowest BCUT2D eigenvalue weighted by molar-refractivity contribution is 0.0501. The zero-order valence-corrected chi connectivity index (χ0v) is 19.9. The molecule has 8 heteroatoms. The summed E-state index contributed by atoms with van der Waals surface area (Å²) in [7, 11) is 4.65. The van der Waals surface area contributed by atoms with Crippen LogP contribution in [0.15, 0.2) is 29.1 Å². The number of alkyl carbamates (subject to hydrolysis) is 1. The van der Waals surface area contributed by atoms with E-state index in [0.29, 0.717) is 41.2 Å². The first-order valence-electron chi connectivity index (χ1n) is 10.2. The summed E-state index contributed by atoms with van der Waals surface area (Å²) in [6.07, 6.45) is 0.602. The zero-order chi connectivity index (χ0) is 23.6. The topological polar surface area (TPSA) is 83.1 Å². The van der Waals surface area contributed by atoms with E-state index in [4.69, 9.17) is 30.5 Å². The van der Waals surface area contributed by atoms with Crippen molar-refractivity contribution in [2.45, 2.75) is 45.3 Å². The number of hydrogen-bond donors (Lipinski definition) is 1. The Kier molecular flexibility index (Phi) is 6.88. The van der Waals surface area contributed by atoms with E-state index in [2.05, 4.69) is 5.32 Å². The van der Waals surface area contributed by atoms with Crippen LogP contribution in [0.2, 0.25) is 5.02 Å². The van der Waals surface area contributed by atoms with Crippen molar-refractivity contribution in [2.24, 2.45) is 0 Å². The van der Waals surface area contributed by atoms with Crippen molar-refractivity contribution in [3.05, 3.63) is 50.6 Å². The first kappa shape index (κ1) is 23.7. The van der Waals surface area contributed by atoms with E-state index in [-0.39, 0.29) is 10.5 Å². The second-order valence-electron chi connectivity index (χ2n) is 8.48. The third kappa shape index (κ3) is 4.78. The largest absolute Gasteiger partial charge is 0.493 e. The molecule has 32 heavy (non-hydrogen) atoms. The molecule has 1 amide bonds. The smallest absolute Gasteiger partial charge is 0.408 e. The number of rotatable bonds is 4. The van der Waals surface area contributed by atoms with Crippen molar-refractivity contribution in [1.82, 2.24) is 5.32 Å². The standard InChI is InChI=1S/C24H28ClNO6/c1-24(2,3)32-23(28)26-17-9-7-13-11-19(29-4)21(30-5)22(31-6)20(13)14-8-10-18(27)16(25)12-15(14)17/h8,10-12,17H,7,9H2,1-6H3,(H,26,28)/t17-/m0/s1. The van der Waals surface area contributed by atoms with Crippen LogP contribution in [0.4, 0.5) is 4.79 Å². The van der Waals surface area contributed by atoms with Gasteiger partial charge in [0.2, 0.25) is 5.75 Å². The van der Waals surface area contributed by atoms with Gasteiger partial charge in [-0.25, -0.2) is 4.79 Å². The number of nitrogens with one attached hydrogen (secondary N) is 1. The predicted octanol–water partition coefficient (Wildman–Crippen LogP) is 4.91. The molecule has 7 nitrogen and oxygen atoms in total. The van der Waals surface area contributed by atoms with Gasteiger partial charge in [-0.2, -0.15) is 0 Å². The number of aryl methyl sites for hydroxylation is 1. The van der Waals surface area contributed by atoms with E-state index in [9.17, 15) is 9.59 Å². The van der Waals surface area contributed by atoms with Crippen LogP contribution in [0.5, 0.6) is 17.2 Å². The molecule has 0 saturated carbocycles. The van der Waals surface area contributed by atoms with Gasteiger partial charge in [0.05, 0.1) is 32.4 Å². The summed E-state index contributed by atoms with van der Waals surface area (Å²) in [4.78, 5) is 24.9. The summed E-state index contributed by atoms with van der Waals surface area (Å²) in [6, 6.07) is 6.16. The minimum Gasteiger partial charge on any atom is -0.493 e. The Hall–Kier alpha value is -2.93. The van der Waals surface area contributed by atoms with Crippen LogP contribution >= 0.6 is 11.6 Å². The number of methoxy groups -OCH3 is 3. The number of carbonyl (C=O) groups is 1. The van der Waals surface area contributed by atoms with E-state index in [1.807, 2.05) is 6.07 Å². The highest BCUT2D eigenvalue weighted by atomic mass is 35.5.